The number of pyridine rings is 1. The standard InChI is InChI=1S/C17H11F3N2O4/c1-25-15-6-13(20)14(22(23)24)7-16(15)26-8-10-12(19)5-11(18)9-3-2-4-21-17(9)10/h2-7H,8H2,1H3. The second kappa shape index (κ2) is 6.87. The molecule has 0 aliphatic rings. The molecule has 0 N–H and O–H groups in total. The van der Waals surface area contributed by atoms with Crippen molar-refractivity contribution in [2.75, 3.05) is 7.11 Å². The fourth-order valence-electron chi connectivity index (χ4n) is 2.45. The summed E-state index contributed by atoms with van der Waals surface area (Å²) in [6.07, 6.45) is 1.37. The Labute approximate surface area is 144 Å². The topological polar surface area (TPSA) is 74.5 Å². The largest absolute Gasteiger partial charge is 0.493 e. The number of fused-ring (bicyclic) bond motifs is 1. The van der Waals surface area contributed by atoms with Crippen molar-refractivity contribution in [3.63, 3.8) is 0 Å². The Morgan fingerprint density at radius 2 is 1.88 bits per heavy atom. The first-order valence-corrected chi connectivity index (χ1v) is 7.28. The summed E-state index contributed by atoms with van der Waals surface area (Å²) in [4.78, 5) is 13.9. The van der Waals surface area contributed by atoms with E-state index in [1.165, 1.54) is 25.4 Å². The van der Waals surface area contributed by atoms with Crippen LogP contribution in [0.4, 0.5) is 18.9 Å². The molecule has 6 nitrogen and oxygen atoms in total. The molecule has 134 valence electrons. The van der Waals surface area contributed by atoms with Crippen LogP contribution in [0.5, 0.6) is 11.5 Å². The normalized spacial score (nSPS) is 10.8. The Morgan fingerprint density at radius 3 is 2.58 bits per heavy atom. The van der Waals surface area contributed by atoms with E-state index in [1.807, 2.05) is 0 Å². The van der Waals surface area contributed by atoms with Crippen LogP contribution in [0, 0.1) is 27.6 Å². The number of nitro groups is 1. The third kappa shape index (κ3) is 3.10. The minimum Gasteiger partial charge on any atom is -0.493 e. The molecule has 9 heteroatoms. The summed E-state index contributed by atoms with van der Waals surface area (Å²) in [6, 6.07) is 5.27. The predicted octanol–water partition coefficient (Wildman–Crippen LogP) is 4.15. The van der Waals surface area contributed by atoms with Gasteiger partial charge in [-0.3, -0.25) is 15.1 Å². The van der Waals surface area contributed by atoms with Gasteiger partial charge in [-0.1, -0.05) is 0 Å². The van der Waals surface area contributed by atoms with E-state index in [9.17, 15) is 23.3 Å². The molecule has 26 heavy (non-hydrogen) atoms. The molecule has 3 rings (SSSR count). The second-order valence-electron chi connectivity index (χ2n) is 5.22. The molecule has 3 aromatic rings. The Balaban J connectivity index is 2.01. The summed E-state index contributed by atoms with van der Waals surface area (Å²) in [7, 11) is 1.23. The van der Waals surface area contributed by atoms with Gasteiger partial charge in [-0.25, -0.2) is 8.78 Å². The van der Waals surface area contributed by atoms with E-state index in [4.69, 9.17) is 9.47 Å². The molecule has 0 bridgehead atoms. The summed E-state index contributed by atoms with van der Waals surface area (Å²) >= 11 is 0. The van der Waals surface area contributed by atoms with E-state index >= 15 is 0 Å². The van der Waals surface area contributed by atoms with Gasteiger partial charge in [0.1, 0.15) is 18.2 Å². The number of nitrogens with zero attached hydrogens (tertiary/aromatic N) is 2. The maximum Gasteiger partial charge on any atom is 0.308 e. The summed E-state index contributed by atoms with van der Waals surface area (Å²) in [6.45, 7) is -0.418. The van der Waals surface area contributed by atoms with Crippen LogP contribution in [-0.4, -0.2) is 17.0 Å². The molecule has 0 aliphatic heterocycles. The lowest BCUT2D eigenvalue weighted by Crippen LogP contribution is -2.04. The minimum atomic E-state index is -1.10. The van der Waals surface area contributed by atoms with E-state index in [1.54, 1.807) is 0 Å². The zero-order valence-electron chi connectivity index (χ0n) is 13.3. The molecule has 0 radical (unpaired) electrons. The van der Waals surface area contributed by atoms with E-state index in [2.05, 4.69) is 4.98 Å². The number of ether oxygens (including phenoxy) is 2. The summed E-state index contributed by atoms with van der Waals surface area (Å²) in [5.41, 5.74) is -0.806. The van der Waals surface area contributed by atoms with Crippen LogP contribution in [0.3, 0.4) is 0 Å². The summed E-state index contributed by atoms with van der Waals surface area (Å²) in [5.74, 6) is -3.02. The van der Waals surface area contributed by atoms with Crippen molar-refractivity contribution in [2.24, 2.45) is 0 Å². The highest BCUT2D eigenvalue weighted by Crippen LogP contribution is 2.35. The van der Waals surface area contributed by atoms with Gasteiger partial charge in [0.25, 0.3) is 0 Å². The highest BCUT2D eigenvalue weighted by Gasteiger charge is 2.21. The van der Waals surface area contributed by atoms with Gasteiger partial charge in [0, 0.05) is 23.7 Å². The van der Waals surface area contributed by atoms with Crippen LogP contribution < -0.4 is 9.47 Å². The number of nitro benzene ring substituents is 1. The molecular weight excluding hydrogens is 353 g/mol. The van der Waals surface area contributed by atoms with Crippen molar-refractivity contribution < 1.29 is 27.6 Å². The van der Waals surface area contributed by atoms with Crippen LogP contribution in [0.15, 0.2) is 36.5 Å². The van der Waals surface area contributed by atoms with Crippen LogP contribution in [0.2, 0.25) is 0 Å². The first kappa shape index (κ1) is 17.5. The second-order valence-corrected chi connectivity index (χ2v) is 5.22. The van der Waals surface area contributed by atoms with Crippen molar-refractivity contribution in [2.45, 2.75) is 6.61 Å². The minimum absolute atomic E-state index is 0.0453. The number of aromatic nitrogens is 1. The SMILES string of the molecule is COc1cc(F)c([N+](=O)[O-])cc1OCc1c(F)cc(F)c2cccnc12. The lowest BCUT2D eigenvalue weighted by Gasteiger charge is -2.13. The lowest BCUT2D eigenvalue weighted by molar-refractivity contribution is -0.387. The van der Waals surface area contributed by atoms with Crippen LogP contribution in [-0.2, 0) is 6.61 Å². The fraction of sp³-hybridized carbons (Fsp3) is 0.118. The molecule has 0 fully saturated rings. The molecule has 0 atom stereocenters. The third-order valence-corrected chi connectivity index (χ3v) is 3.69. The highest BCUT2D eigenvalue weighted by atomic mass is 19.1. The number of benzene rings is 2. The number of halogens is 3. The Morgan fingerprint density at radius 1 is 1.12 bits per heavy atom. The van der Waals surface area contributed by atoms with Crippen molar-refractivity contribution in [1.82, 2.24) is 4.98 Å². The third-order valence-electron chi connectivity index (χ3n) is 3.69. The van der Waals surface area contributed by atoms with Crippen molar-refractivity contribution in [1.29, 1.82) is 0 Å². The Hall–Kier alpha value is -3.36. The van der Waals surface area contributed by atoms with Crippen molar-refractivity contribution in [3.8, 4) is 11.5 Å². The molecule has 0 saturated carbocycles. The lowest BCUT2D eigenvalue weighted by atomic mass is 10.1. The summed E-state index contributed by atoms with van der Waals surface area (Å²) in [5, 5.41) is 11.0. The molecule has 1 aromatic heterocycles. The molecule has 0 unspecified atom stereocenters. The van der Waals surface area contributed by atoms with Gasteiger partial charge in [0.15, 0.2) is 11.5 Å². The van der Waals surface area contributed by atoms with Crippen molar-refractivity contribution >= 4 is 16.6 Å². The molecule has 0 saturated heterocycles. The smallest absolute Gasteiger partial charge is 0.308 e. The van der Waals surface area contributed by atoms with Gasteiger partial charge in [-0.15, -0.1) is 0 Å². The number of methoxy groups -OCH3 is 1. The first-order valence-electron chi connectivity index (χ1n) is 7.28. The molecular formula is C17H11F3N2O4. The molecule has 0 spiro atoms. The van der Waals surface area contributed by atoms with Gasteiger partial charge in [0.2, 0.25) is 5.82 Å². The van der Waals surface area contributed by atoms with Crippen LogP contribution in [0.1, 0.15) is 5.56 Å². The van der Waals surface area contributed by atoms with Crippen LogP contribution >= 0.6 is 0 Å². The van der Waals surface area contributed by atoms with Gasteiger partial charge in [0.05, 0.1) is 29.2 Å². The van der Waals surface area contributed by atoms with Gasteiger partial charge < -0.3 is 9.47 Å². The molecule has 0 aliphatic carbocycles. The van der Waals surface area contributed by atoms with E-state index < -0.39 is 34.7 Å². The molecule has 0 amide bonds. The predicted molar refractivity (Wildman–Crippen MR) is 85.6 cm³/mol. The maximum absolute atomic E-state index is 14.2. The molecule has 2 aromatic carbocycles. The Bertz CT molecular complexity index is 1010. The van der Waals surface area contributed by atoms with Gasteiger partial charge in [-0.05, 0) is 12.1 Å². The number of hydrogen-bond acceptors (Lipinski definition) is 5. The maximum atomic E-state index is 14.2. The Kier molecular flexibility index (Phi) is 4.61. The molecule has 1 heterocycles. The number of rotatable bonds is 5. The zero-order chi connectivity index (χ0) is 18.8. The average Bonchev–Trinajstić information content (AvgIpc) is 2.61. The van der Waals surface area contributed by atoms with Gasteiger partial charge >= 0.3 is 5.69 Å². The van der Waals surface area contributed by atoms with Crippen LogP contribution in [0.25, 0.3) is 10.9 Å². The monoisotopic (exact) mass is 364 g/mol. The zero-order valence-corrected chi connectivity index (χ0v) is 13.3. The average molecular weight is 364 g/mol. The summed E-state index contributed by atoms with van der Waals surface area (Å²) < 4.78 is 52.0. The van der Waals surface area contributed by atoms with E-state index in [0.29, 0.717) is 6.07 Å². The van der Waals surface area contributed by atoms with Crippen molar-refractivity contribution in [3.05, 3.63) is 69.7 Å². The first-order chi connectivity index (χ1) is 12.4. The number of hydrogen-bond donors (Lipinski definition) is 0. The van der Waals surface area contributed by atoms with E-state index in [-0.39, 0.29) is 28.0 Å². The fourth-order valence-corrected chi connectivity index (χ4v) is 2.45. The highest BCUT2D eigenvalue weighted by molar-refractivity contribution is 5.82. The van der Waals surface area contributed by atoms with Gasteiger partial charge in [-0.2, -0.15) is 4.39 Å². The van der Waals surface area contributed by atoms with E-state index in [0.717, 1.165) is 12.1 Å². The quantitative estimate of drug-likeness (QED) is 0.502.